The molecule has 3 aliphatic rings. The van der Waals surface area contributed by atoms with E-state index in [0.29, 0.717) is 17.5 Å². The Kier molecular flexibility index (Phi) is 4.52. The highest BCUT2D eigenvalue weighted by Gasteiger charge is 2.68. The minimum absolute atomic E-state index is 0.0121. The average Bonchev–Trinajstić information content (AvgIpc) is 3.14. The minimum Gasteiger partial charge on any atom is -0.486 e. The third-order valence-corrected chi connectivity index (χ3v) is 6.90. The van der Waals surface area contributed by atoms with Crippen LogP contribution >= 0.6 is 23.1 Å². The van der Waals surface area contributed by atoms with E-state index >= 15 is 0 Å². The molecule has 6 rings (SSSR count). The first-order chi connectivity index (χ1) is 14.4. The second-order valence-corrected chi connectivity index (χ2v) is 9.49. The maximum absolute atomic E-state index is 13.4. The fourth-order valence-corrected chi connectivity index (χ4v) is 5.41. The molecule has 0 radical (unpaired) electrons. The molecule has 1 aromatic heterocycles. The van der Waals surface area contributed by atoms with Crippen molar-refractivity contribution in [1.29, 1.82) is 0 Å². The van der Waals surface area contributed by atoms with E-state index in [1.165, 1.54) is 29.7 Å². The van der Waals surface area contributed by atoms with Crippen LogP contribution in [0.1, 0.15) is 36.0 Å². The summed E-state index contributed by atoms with van der Waals surface area (Å²) in [7, 11) is 0. The number of aromatic nitrogens is 2. The molecule has 0 saturated heterocycles. The van der Waals surface area contributed by atoms with Gasteiger partial charge in [0, 0.05) is 23.6 Å². The fourth-order valence-electron chi connectivity index (χ4n) is 4.75. The number of amides is 1. The summed E-state index contributed by atoms with van der Waals surface area (Å²) in [5, 5.41) is 7.14. The van der Waals surface area contributed by atoms with Gasteiger partial charge < -0.3 is 10.1 Å². The van der Waals surface area contributed by atoms with Gasteiger partial charge in [-0.1, -0.05) is 16.1 Å². The van der Waals surface area contributed by atoms with E-state index in [9.17, 15) is 14.0 Å². The van der Waals surface area contributed by atoms with Gasteiger partial charge in [-0.3, -0.25) is 9.59 Å². The van der Waals surface area contributed by atoms with Crippen LogP contribution in [-0.4, -0.2) is 33.4 Å². The first kappa shape index (κ1) is 19.4. The van der Waals surface area contributed by atoms with Crippen molar-refractivity contribution in [2.75, 3.05) is 6.61 Å². The van der Waals surface area contributed by atoms with E-state index in [1.807, 2.05) is 6.07 Å². The van der Waals surface area contributed by atoms with Gasteiger partial charge in [-0.2, -0.15) is 0 Å². The van der Waals surface area contributed by atoms with Crippen molar-refractivity contribution in [3.8, 4) is 5.75 Å². The van der Waals surface area contributed by atoms with Crippen molar-refractivity contribution in [3.05, 3.63) is 52.8 Å². The second kappa shape index (κ2) is 6.99. The lowest BCUT2D eigenvalue weighted by Crippen LogP contribution is -2.75. The molecule has 1 N–H and O–H groups in total. The molecule has 0 atom stereocenters. The number of rotatable bonds is 7. The van der Waals surface area contributed by atoms with Crippen LogP contribution in [0.5, 0.6) is 5.75 Å². The van der Waals surface area contributed by atoms with Gasteiger partial charge in [-0.25, -0.2) is 4.39 Å². The molecule has 3 saturated carbocycles. The number of carbonyl (C=O) groups excluding carboxylic acids is 2. The molecular weight excluding hydrogens is 429 g/mol. The Morgan fingerprint density at radius 2 is 2.00 bits per heavy atom. The SMILES string of the molecule is O=C(COc1ccc(Cl)c(F)c1)CC12CC(NC(=O)c3ccc4snnc4c3)(C1)C2. The van der Waals surface area contributed by atoms with Crippen molar-refractivity contribution < 1.29 is 18.7 Å². The van der Waals surface area contributed by atoms with Crippen molar-refractivity contribution in [2.45, 2.75) is 31.2 Å². The quantitative estimate of drug-likeness (QED) is 0.590. The van der Waals surface area contributed by atoms with E-state index in [2.05, 4.69) is 14.9 Å². The van der Waals surface area contributed by atoms with Crippen LogP contribution < -0.4 is 10.1 Å². The van der Waals surface area contributed by atoms with Crippen LogP contribution in [0.2, 0.25) is 5.02 Å². The lowest BCUT2D eigenvalue weighted by atomic mass is 9.38. The molecule has 1 amide bonds. The molecule has 1 heterocycles. The zero-order valence-electron chi connectivity index (χ0n) is 15.8. The average molecular weight is 446 g/mol. The number of benzene rings is 2. The van der Waals surface area contributed by atoms with Crippen LogP contribution in [0.4, 0.5) is 4.39 Å². The van der Waals surface area contributed by atoms with Gasteiger partial charge in [-0.05, 0) is 66.5 Å². The van der Waals surface area contributed by atoms with Crippen molar-refractivity contribution >= 4 is 45.0 Å². The molecular formula is C21H17ClFN3O3S. The lowest BCUT2D eigenvalue weighted by molar-refractivity contribution is -0.162. The standard InChI is InChI=1S/C21H17ClFN3O3S/c22-15-3-2-14(6-16(15)23)29-8-13(27)7-20-9-21(10-20,11-20)24-19(28)12-1-4-18-17(5-12)25-26-30-18/h1-6H,7-11H2,(H,24,28). The number of hydrogen-bond acceptors (Lipinski definition) is 6. The van der Waals surface area contributed by atoms with E-state index in [0.717, 1.165) is 24.0 Å². The maximum atomic E-state index is 13.4. The number of Topliss-reactive ketones (excluding diaryl/α,β-unsaturated/α-hetero) is 1. The summed E-state index contributed by atoms with van der Waals surface area (Å²) in [5.74, 6) is -0.466. The topological polar surface area (TPSA) is 81.2 Å². The summed E-state index contributed by atoms with van der Waals surface area (Å²) in [6.07, 6.45) is 2.76. The molecule has 0 aliphatic heterocycles. The van der Waals surface area contributed by atoms with E-state index in [1.54, 1.807) is 12.1 Å². The second-order valence-electron chi connectivity index (χ2n) is 8.30. The van der Waals surface area contributed by atoms with Gasteiger partial charge in [-0.15, -0.1) is 5.10 Å². The molecule has 3 aliphatic carbocycles. The number of halogens is 2. The molecule has 2 aromatic carbocycles. The highest BCUT2D eigenvalue weighted by atomic mass is 35.5. The molecule has 30 heavy (non-hydrogen) atoms. The smallest absolute Gasteiger partial charge is 0.251 e. The fraction of sp³-hybridized carbons (Fsp3) is 0.333. The first-order valence-corrected chi connectivity index (χ1v) is 10.6. The monoisotopic (exact) mass is 445 g/mol. The molecule has 3 fully saturated rings. The molecule has 0 unspecified atom stereocenters. The Bertz CT molecular complexity index is 1160. The van der Waals surface area contributed by atoms with Crippen molar-refractivity contribution in [2.24, 2.45) is 5.41 Å². The predicted molar refractivity (Wildman–Crippen MR) is 110 cm³/mol. The Hall–Kier alpha value is -2.58. The van der Waals surface area contributed by atoms with Gasteiger partial charge in [0.25, 0.3) is 5.91 Å². The third-order valence-electron chi connectivity index (χ3n) is 5.89. The number of ether oxygens (including phenoxy) is 1. The summed E-state index contributed by atoms with van der Waals surface area (Å²) in [6.45, 7) is -0.107. The van der Waals surface area contributed by atoms with Crippen LogP contribution in [0.15, 0.2) is 36.4 Å². The number of fused-ring (bicyclic) bond motifs is 1. The van der Waals surface area contributed by atoms with Crippen LogP contribution in [0, 0.1) is 11.2 Å². The van der Waals surface area contributed by atoms with Gasteiger partial charge in [0.1, 0.15) is 23.7 Å². The zero-order chi connectivity index (χ0) is 20.9. The number of hydrogen-bond donors (Lipinski definition) is 1. The van der Waals surface area contributed by atoms with Gasteiger partial charge in [0.05, 0.1) is 9.72 Å². The van der Waals surface area contributed by atoms with Crippen LogP contribution in [-0.2, 0) is 4.79 Å². The number of carbonyl (C=O) groups is 2. The Morgan fingerprint density at radius 3 is 2.77 bits per heavy atom. The largest absolute Gasteiger partial charge is 0.486 e. The molecule has 154 valence electrons. The Balaban J connectivity index is 1.11. The molecule has 3 aromatic rings. The van der Waals surface area contributed by atoms with E-state index in [4.69, 9.17) is 16.3 Å². The zero-order valence-corrected chi connectivity index (χ0v) is 17.4. The predicted octanol–water partition coefficient (Wildman–Crippen LogP) is 4.17. The van der Waals surface area contributed by atoms with Crippen LogP contribution in [0.25, 0.3) is 10.2 Å². The number of nitrogens with one attached hydrogen (secondary N) is 1. The van der Waals surface area contributed by atoms with Crippen LogP contribution in [0.3, 0.4) is 0 Å². The molecule has 6 nitrogen and oxygen atoms in total. The van der Waals surface area contributed by atoms with Crippen molar-refractivity contribution in [3.63, 3.8) is 0 Å². The molecule has 2 bridgehead atoms. The molecule has 9 heteroatoms. The third kappa shape index (κ3) is 3.44. The van der Waals surface area contributed by atoms with Gasteiger partial charge in [0.2, 0.25) is 0 Å². The summed E-state index contributed by atoms with van der Waals surface area (Å²) in [5.41, 5.74) is 1.01. The molecule has 0 spiro atoms. The highest BCUT2D eigenvalue weighted by molar-refractivity contribution is 7.12. The number of ketones is 1. The van der Waals surface area contributed by atoms with Gasteiger partial charge >= 0.3 is 0 Å². The van der Waals surface area contributed by atoms with Gasteiger partial charge in [0.15, 0.2) is 5.78 Å². The summed E-state index contributed by atoms with van der Waals surface area (Å²) >= 11 is 6.93. The number of nitrogens with zero attached hydrogens (tertiary/aromatic N) is 2. The van der Waals surface area contributed by atoms with Crippen molar-refractivity contribution in [1.82, 2.24) is 14.9 Å². The Morgan fingerprint density at radius 1 is 1.20 bits per heavy atom. The Labute approximate surface area is 180 Å². The van der Waals surface area contributed by atoms with E-state index in [-0.39, 0.29) is 40.0 Å². The summed E-state index contributed by atoms with van der Waals surface area (Å²) in [4.78, 5) is 24.9. The summed E-state index contributed by atoms with van der Waals surface area (Å²) in [6, 6.07) is 9.47. The lowest BCUT2D eigenvalue weighted by Gasteiger charge is -2.70. The maximum Gasteiger partial charge on any atom is 0.251 e. The van der Waals surface area contributed by atoms with E-state index < -0.39 is 5.82 Å². The first-order valence-electron chi connectivity index (χ1n) is 9.50. The highest BCUT2D eigenvalue weighted by Crippen LogP contribution is 2.69. The minimum atomic E-state index is -0.580. The summed E-state index contributed by atoms with van der Waals surface area (Å²) < 4.78 is 23.6. The normalized spacial score (nSPS) is 24.1.